The van der Waals surface area contributed by atoms with E-state index in [9.17, 15) is 7.84 Å². The van der Waals surface area contributed by atoms with E-state index in [0.717, 1.165) is 0 Å². The van der Waals surface area contributed by atoms with E-state index in [2.05, 4.69) is 0 Å². The van der Waals surface area contributed by atoms with Gasteiger partial charge in [-0.25, -0.2) is 0 Å². The summed E-state index contributed by atoms with van der Waals surface area (Å²) in [5, 5.41) is 0.510. The molecular formula is C7H17AsO2. The predicted molar refractivity (Wildman–Crippen MR) is 43.4 cm³/mol. The first-order valence-corrected chi connectivity index (χ1v) is 7.69. The number of hydrogen-bond donors (Lipinski definition) is 1. The molecule has 0 saturated carbocycles. The van der Waals surface area contributed by atoms with Crippen molar-refractivity contribution in [2.45, 2.75) is 37.6 Å². The van der Waals surface area contributed by atoms with Crippen LogP contribution in [0.3, 0.4) is 0 Å². The van der Waals surface area contributed by atoms with E-state index in [1.54, 1.807) is 0 Å². The molecule has 0 aromatic carbocycles. The monoisotopic (exact) mass is 208 g/mol. The fraction of sp³-hybridized carbons (Fsp3) is 1.00. The first-order valence-electron chi connectivity index (χ1n) is 3.67. The molecule has 0 saturated heterocycles. The van der Waals surface area contributed by atoms with Gasteiger partial charge in [0.2, 0.25) is 0 Å². The number of rotatable bonds is 3. The molecule has 0 fully saturated rings. The zero-order valence-electron chi connectivity index (χ0n) is 7.16. The van der Waals surface area contributed by atoms with Crippen molar-refractivity contribution in [3.63, 3.8) is 0 Å². The van der Waals surface area contributed by atoms with Gasteiger partial charge in [0, 0.05) is 0 Å². The number of hydrogen-bond acceptors (Lipinski definition) is 1. The van der Waals surface area contributed by atoms with Crippen LogP contribution in [0.2, 0.25) is 9.91 Å². The normalized spacial score (nSPS) is 17.9. The van der Waals surface area contributed by atoms with Crippen LogP contribution < -0.4 is 0 Å². The van der Waals surface area contributed by atoms with Crippen LogP contribution in [0.15, 0.2) is 0 Å². The van der Waals surface area contributed by atoms with Crippen LogP contribution in [-0.4, -0.2) is 17.9 Å². The van der Waals surface area contributed by atoms with Crippen LogP contribution in [0.25, 0.3) is 0 Å². The molecule has 0 aromatic rings. The maximum absolute atomic E-state index is 11.3. The molecule has 0 amide bonds. The van der Waals surface area contributed by atoms with Gasteiger partial charge in [-0.3, -0.25) is 0 Å². The molecule has 0 spiro atoms. The van der Waals surface area contributed by atoms with Gasteiger partial charge in [-0.15, -0.1) is 0 Å². The van der Waals surface area contributed by atoms with Crippen LogP contribution >= 0.6 is 0 Å². The minimum absolute atomic E-state index is 0.0273. The summed E-state index contributed by atoms with van der Waals surface area (Å²) in [5.41, 5.74) is 0. The third-order valence-electron chi connectivity index (χ3n) is 1.43. The van der Waals surface area contributed by atoms with Crippen molar-refractivity contribution >= 4 is 13.8 Å². The first kappa shape index (κ1) is 10.3. The molecule has 0 rings (SSSR count). The fourth-order valence-corrected chi connectivity index (χ4v) is 3.81. The summed E-state index contributed by atoms with van der Waals surface area (Å²) in [6.07, 6.45) is 0. The standard InChI is InChI=1S/C7H17AsO2/c1-6(2)5-8(9,10)7(3)4/h6-7H,5H2,1-4H3,(H,9,10). The van der Waals surface area contributed by atoms with Crippen molar-refractivity contribution in [1.82, 2.24) is 0 Å². The van der Waals surface area contributed by atoms with Crippen LogP contribution in [0, 0.1) is 5.92 Å². The zero-order valence-corrected chi connectivity index (χ0v) is 9.04. The van der Waals surface area contributed by atoms with Crippen LogP contribution in [0.4, 0.5) is 0 Å². The fourth-order valence-electron chi connectivity index (χ4n) is 0.734. The molecule has 0 bridgehead atoms. The molecule has 0 aliphatic rings. The van der Waals surface area contributed by atoms with Crippen molar-refractivity contribution in [3.05, 3.63) is 0 Å². The third kappa shape index (κ3) is 3.48. The van der Waals surface area contributed by atoms with Gasteiger partial charge in [-0.1, -0.05) is 0 Å². The van der Waals surface area contributed by atoms with Gasteiger partial charge in [-0.2, -0.15) is 0 Å². The van der Waals surface area contributed by atoms with Crippen LogP contribution in [-0.2, 0) is 3.74 Å². The molecule has 0 aromatic heterocycles. The Bertz CT molecular complexity index is 141. The Morgan fingerprint density at radius 2 is 1.70 bits per heavy atom. The first-order chi connectivity index (χ1) is 4.36. The van der Waals surface area contributed by atoms with Gasteiger partial charge >= 0.3 is 65.2 Å². The van der Waals surface area contributed by atoms with Crippen LogP contribution in [0.5, 0.6) is 0 Å². The summed E-state index contributed by atoms with van der Waals surface area (Å²) >= 11 is -3.42. The van der Waals surface area contributed by atoms with E-state index >= 15 is 0 Å². The van der Waals surface area contributed by atoms with Gasteiger partial charge < -0.3 is 0 Å². The predicted octanol–water partition coefficient (Wildman–Crippen LogP) is 1.92. The summed E-state index contributed by atoms with van der Waals surface area (Å²) in [4.78, 5) is 0. The van der Waals surface area contributed by atoms with Crippen molar-refractivity contribution < 1.29 is 7.84 Å². The van der Waals surface area contributed by atoms with Gasteiger partial charge in [-0.05, 0) is 0 Å². The SMILES string of the molecule is CC(C)C[As](=O)(O)C(C)C. The second-order valence-electron chi connectivity index (χ2n) is 3.43. The Morgan fingerprint density at radius 3 is 1.80 bits per heavy atom. The summed E-state index contributed by atoms with van der Waals surface area (Å²) in [5.74, 6) is 0.345. The topological polar surface area (TPSA) is 37.3 Å². The van der Waals surface area contributed by atoms with Gasteiger partial charge in [0.05, 0.1) is 0 Å². The van der Waals surface area contributed by atoms with E-state index in [1.807, 2.05) is 27.7 Å². The molecule has 10 heavy (non-hydrogen) atoms. The summed E-state index contributed by atoms with van der Waals surface area (Å²) < 4.78 is 20.7. The van der Waals surface area contributed by atoms with E-state index in [-0.39, 0.29) is 4.71 Å². The Kier molecular flexibility index (Phi) is 3.75. The Morgan fingerprint density at radius 1 is 1.30 bits per heavy atom. The molecule has 1 unspecified atom stereocenters. The van der Waals surface area contributed by atoms with E-state index < -0.39 is 13.8 Å². The van der Waals surface area contributed by atoms with Crippen LogP contribution in [0.1, 0.15) is 27.7 Å². The second kappa shape index (κ2) is 3.64. The van der Waals surface area contributed by atoms with E-state index in [4.69, 9.17) is 0 Å². The van der Waals surface area contributed by atoms with Crippen molar-refractivity contribution in [3.8, 4) is 0 Å². The molecule has 3 heteroatoms. The Balaban J connectivity index is 4.01. The van der Waals surface area contributed by atoms with Crippen molar-refractivity contribution in [2.24, 2.45) is 5.92 Å². The average Bonchev–Trinajstić information content (AvgIpc) is 1.60. The minimum atomic E-state index is -3.42. The zero-order chi connectivity index (χ0) is 8.36. The Labute approximate surface area is 65.7 Å². The van der Waals surface area contributed by atoms with Gasteiger partial charge in [0.1, 0.15) is 0 Å². The molecule has 1 atom stereocenters. The van der Waals surface area contributed by atoms with E-state index in [1.165, 1.54) is 0 Å². The molecule has 2 nitrogen and oxygen atoms in total. The third-order valence-corrected chi connectivity index (χ3v) is 7.45. The average molecular weight is 208 g/mol. The summed E-state index contributed by atoms with van der Waals surface area (Å²) in [7, 11) is 0. The molecule has 0 heterocycles. The Hall–Kier alpha value is 0.318. The van der Waals surface area contributed by atoms with Crippen molar-refractivity contribution in [2.75, 3.05) is 0 Å². The molecule has 0 radical (unpaired) electrons. The molecule has 0 aliphatic heterocycles. The van der Waals surface area contributed by atoms with Crippen molar-refractivity contribution in [1.29, 1.82) is 0 Å². The van der Waals surface area contributed by atoms with E-state index in [0.29, 0.717) is 11.1 Å². The second-order valence-corrected chi connectivity index (χ2v) is 9.53. The maximum atomic E-state index is 11.3. The summed E-state index contributed by atoms with van der Waals surface area (Å²) in [6, 6.07) is 0. The quantitative estimate of drug-likeness (QED) is 0.719. The molecule has 62 valence electrons. The van der Waals surface area contributed by atoms with Gasteiger partial charge in [0.15, 0.2) is 0 Å². The van der Waals surface area contributed by atoms with Gasteiger partial charge in [0.25, 0.3) is 0 Å². The summed E-state index contributed by atoms with van der Waals surface area (Å²) in [6.45, 7) is 7.60. The molecule has 0 aliphatic carbocycles. The molecule has 1 N–H and O–H groups in total. The molecular weight excluding hydrogens is 191 g/mol.